The fourth-order valence-electron chi connectivity index (χ4n) is 2.36. The topological polar surface area (TPSA) is 58.6 Å². The van der Waals surface area contributed by atoms with Crippen LogP contribution < -0.4 is 10.2 Å². The Bertz CT molecular complexity index is 574. The first-order valence-corrected chi connectivity index (χ1v) is 7.73. The lowest BCUT2D eigenvalue weighted by molar-refractivity contribution is -0.112. The predicted molar refractivity (Wildman–Crippen MR) is 86.1 cm³/mol. The number of methoxy groups -OCH3 is 1. The highest BCUT2D eigenvalue weighted by Crippen LogP contribution is 2.36. The van der Waals surface area contributed by atoms with Gasteiger partial charge < -0.3 is 15.0 Å². The zero-order valence-corrected chi connectivity index (χ0v) is 14.0. The molecule has 0 radical (unpaired) electrons. The van der Waals surface area contributed by atoms with Gasteiger partial charge in [-0.3, -0.25) is 9.59 Å². The Labute approximate surface area is 132 Å². The van der Waals surface area contributed by atoms with Crippen molar-refractivity contribution in [3.63, 3.8) is 0 Å². The van der Waals surface area contributed by atoms with Crippen molar-refractivity contribution in [2.45, 2.75) is 26.3 Å². The van der Waals surface area contributed by atoms with E-state index < -0.39 is 11.7 Å². The first kappa shape index (κ1) is 16.0. The molecular formula is C15H19BrN2O3. The standard InChI is InChI=1S/C15H19BrN2O3/c1-4-9(2)18(5-6-21-3)13-8-12-10(7-11(13)16)14(19)15(20)17-12/h7-9H,4-6H2,1-3H3,(H,17,19,20). The van der Waals surface area contributed by atoms with Gasteiger partial charge in [0.15, 0.2) is 0 Å². The minimum absolute atomic E-state index is 0.322. The number of carbonyl (C=O) groups is 2. The summed E-state index contributed by atoms with van der Waals surface area (Å²) in [4.78, 5) is 25.4. The Morgan fingerprint density at radius 3 is 2.71 bits per heavy atom. The number of anilines is 2. The molecule has 0 aliphatic carbocycles. The van der Waals surface area contributed by atoms with Gasteiger partial charge in [0.05, 0.1) is 23.5 Å². The molecule has 21 heavy (non-hydrogen) atoms. The third-order valence-electron chi connectivity index (χ3n) is 3.75. The molecule has 0 saturated carbocycles. The number of amides is 1. The fraction of sp³-hybridized carbons (Fsp3) is 0.467. The second kappa shape index (κ2) is 6.58. The number of hydrogen-bond donors (Lipinski definition) is 1. The lowest BCUT2D eigenvalue weighted by Gasteiger charge is -2.31. The summed E-state index contributed by atoms with van der Waals surface area (Å²) < 4.78 is 5.98. The van der Waals surface area contributed by atoms with Crippen LogP contribution in [0, 0.1) is 0 Å². The molecular weight excluding hydrogens is 336 g/mol. The van der Waals surface area contributed by atoms with Gasteiger partial charge in [0, 0.05) is 24.2 Å². The van der Waals surface area contributed by atoms with Gasteiger partial charge in [-0.25, -0.2) is 0 Å². The number of ether oxygens (including phenoxy) is 1. The minimum Gasteiger partial charge on any atom is -0.383 e. The van der Waals surface area contributed by atoms with E-state index in [1.54, 1.807) is 13.2 Å². The number of Topliss-reactive ketones (excluding diaryl/α,β-unsaturated/α-hetero) is 1. The monoisotopic (exact) mass is 354 g/mol. The highest BCUT2D eigenvalue weighted by molar-refractivity contribution is 9.10. The Hall–Kier alpha value is -1.40. The van der Waals surface area contributed by atoms with Crippen LogP contribution in [-0.2, 0) is 9.53 Å². The molecule has 1 atom stereocenters. The van der Waals surface area contributed by atoms with Crippen molar-refractivity contribution in [2.75, 3.05) is 30.5 Å². The molecule has 2 rings (SSSR count). The second-order valence-electron chi connectivity index (χ2n) is 5.08. The predicted octanol–water partition coefficient (Wildman–Crippen LogP) is 2.84. The van der Waals surface area contributed by atoms with Crippen molar-refractivity contribution in [1.29, 1.82) is 0 Å². The molecule has 6 heteroatoms. The van der Waals surface area contributed by atoms with Crippen molar-refractivity contribution >= 4 is 39.0 Å². The highest BCUT2D eigenvalue weighted by atomic mass is 79.9. The minimum atomic E-state index is -0.568. The molecule has 1 aromatic carbocycles. The average Bonchev–Trinajstić information content (AvgIpc) is 2.74. The summed E-state index contributed by atoms with van der Waals surface area (Å²) in [5.74, 6) is -1.05. The quantitative estimate of drug-likeness (QED) is 0.798. The fourth-order valence-corrected chi connectivity index (χ4v) is 2.93. The first-order chi connectivity index (χ1) is 9.99. The number of halogens is 1. The maximum absolute atomic E-state index is 11.7. The van der Waals surface area contributed by atoms with E-state index in [-0.39, 0.29) is 0 Å². The van der Waals surface area contributed by atoms with Gasteiger partial charge in [-0.1, -0.05) is 6.92 Å². The van der Waals surface area contributed by atoms with Crippen molar-refractivity contribution in [3.05, 3.63) is 22.2 Å². The van der Waals surface area contributed by atoms with Crippen LogP contribution in [0.15, 0.2) is 16.6 Å². The molecule has 5 nitrogen and oxygen atoms in total. The molecule has 1 heterocycles. The van der Waals surface area contributed by atoms with E-state index in [2.05, 4.69) is 40.0 Å². The van der Waals surface area contributed by atoms with Crippen molar-refractivity contribution in [1.82, 2.24) is 0 Å². The van der Waals surface area contributed by atoms with Crippen molar-refractivity contribution < 1.29 is 14.3 Å². The molecule has 1 unspecified atom stereocenters. The molecule has 0 fully saturated rings. The van der Waals surface area contributed by atoms with Gasteiger partial charge >= 0.3 is 0 Å². The third-order valence-corrected chi connectivity index (χ3v) is 4.39. The lowest BCUT2D eigenvalue weighted by atomic mass is 10.1. The zero-order chi connectivity index (χ0) is 15.6. The van der Waals surface area contributed by atoms with Gasteiger partial charge in [-0.15, -0.1) is 0 Å². The summed E-state index contributed by atoms with van der Waals surface area (Å²) in [5, 5.41) is 2.62. The maximum atomic E-state index is 11.7. The van der Waals surface area contributed by atoms with E-state index in [9.17, 15) is 9.59 Å². The van der Waals surface area contributed by atoms with Crippen molar-refractivity contribution in [2.24, 2.45) is 0 Å². The van der Waals surface area contributed by atoms with Crippen LogP contribution in [0.2, 0.25) is 0 Å². The molecule has 0 aromatic heterocycles. The number of ketones is 1. The summed E-state index contributed by atoms with van der Waals surface area (Å²) in [5.41, 5.74) is 1.95. The van der Waals surface area contributed by atoms with E-state index in [1.165, 1.54) is 0 Å². The number of fused-ring (bicyclic) bond motifs is 1. The van der Waals surface area contributed by atoms with Gasteiger partial charge in [0.1, 0.15) is 0 Å². The highest BCUT2D eigenvalue weighted by Gasteiger charge is 2.30. The lowest BCUT2D eigenvalue weighted by Crippen LogP contribution is -2.35. The van der Waals surface area contributed by atoms with Gasteiger partial charge in [-0.2, -0.15) is 0 Å². The largest absolute Gasteiger partial charge is 0.383 e. The Kier molecular flexibility index (Phi) is 5.00. The summed E-state index contributed by atoms with van der Waals surface area (Å²) in [6.07, 6.45) is 0.985. The molecule has 1 aliphatic heterocycles. The number of nitrogens with one attached hydrogen (secondary N) is 1. The van der Waals surface area contributed by atoms with Crippen LogP contribution in [-0.4, -0.2) is 38.0 Å². The van der Waals surface area contributed by atoms with Crippen LogP contribution in [0.3, 0.4) is 0 Å². The molecule has 1 aliphatic rings. The molecule has 1 N–H and O–H groups in total. The summed E-state index contributed by atoms with van der Waals surface area (Å²) in [6.45, 7) is 5.61. The average molecular weight is 355 g/mol. The number of rotatable bonds is 6. The Balaban J connectivity index is 2.40. The van der Waals surface area contributed by atoms with E-state index in [4.69, 9.17) is 4.74 Å². The van der Waals surface area contributed by atoms with E-state index >= 15 is 0 Å². The molecule has 1 aromatic rings. The second-order valence-corrected chi connectivity index (χ2v) is 5.93. The number of hydrogen-bond acceptors (Lipinski definition) is 4. The molecule has 1 amide bonds. The van der Waals surface area contributed by atoms with E-state index in [1.807, 2.05) is 6.07 Å². The van der Waals surface area contributed by atoms with Crippen LogP contribution >= 0.6 is 15.9 Å². The normalized spacial score (nSPS) is 14.9. The van der Waals surface area contributed by atoms with Gasteiger partial charge in [0.2, 0.25) is 0 Å². The summed E-state index contributed by atoms with van der Waals surface area (Å²) in [6, 6.07) is 3.89. The van der Waals surface area contributed by atoms with Gasteiger partial charge in [0.25, 0.3) is 11.7 Å². The molecule has 0 saturated heterocycles. The smallest absolute Gasteiger partial charge is 0.296 e. The third kappa shape index (κ3) is 3.11. The summed E-state index contributed by atoms with van der Waals surface area (Å²) in [7, 11) is 1.67. The number of nitrogens with zero attached hydrogens (tertiary/aromatic N) is 1. The summed E-state index contributed by atoms with van der Waals surface area (Å²) >= 11 is 3.51. The van der Waals surface area contributed by atoms with Crippen LogP contribution in [0.4, 0.5) is 11.4 Å². The molecule has 114 valence electrons. The SMILES string of the molecule is CCC(C)N(CCOC)c1cc2c(cc1Br)C(=O)C(=O)N2. The Morgan fingerprint density at radius 1 is 1.38 bits per heavy atom. The maximum Gasteiger partial charge on any atom is 0.296 e. The van der Waals surface area contributed by atoms with Crippen LogP contribution in [0.25, 0.3) is 0 Å². The number of carbonyl (C=O) groups excluding carboxylic acids is 2. The molecule has 0 spiro atoms. The van der Waals surface area contributed by atoms with Gasteiger partial charge in [-0.05, 0) is 41.4 Å². The van der Waals surface area contributed by atoms with Crippen LogP contribution in [0.1, 0.15) is 30.6 Å². The first-order valence-electron chi connectivity index (χ1n) is 6.94. The van der Waals surface area contributed by atoms with E-state index in [0.717, 1.165) is 23.1 Å². The van der Waals surface area contributed by atoms with Crippen molar-refractivity contribution in [3.8, 4) is 0 Å². The number of benzene rings is 1. The zero-order valence-electron chi connectivity index (χ0n) is 12.4. The van der Waals surface area contributed by atoms with E-state index in [0.29, 0.717) is 23.9 Å². The van der Waals surface area contributed by atoms with Crippen LogP contribution in [0.5, 0.6) is 0 Å². The molecule has 0 bridgehead atoms. The Morgan fingerprint density at radius 2 is 2.10 bits per heavy atom.